The number of carbonyl (C=O) groups is 1. The van der Waals surface area contributed by atoms with Gasteiger partial charge in [-0.1, -0.05) is 24.3 Å². The molecule has 1 fully saturated rings. The van der Waals surface area contributed by atoms with Gasteiger partial charge < -0.3 is 14.8 Å². The van der Waals surface area contributed by atoms with E-state index in [1.165, 1.54) is 6.07 Å². The molecule has 0 bridgehead atoms. The van der Waals surface area contributed by atoms with Gasteiger partial charge in [0.05, 0.1) is 17.5 Å². The molecule has 0 saturated carbocycles. The first kappa shape index (κ1) is 20.0. The lowest BCUT2D eigenvalue weighted by molar-refractivity contribution is -0.137. The molecule has 1 N–H and O–H groups in total. The molecule has 8 heteroatoms. The minimum atomic E-state index is -4.39. The second-order valence-electron chi connectivity index (χ2n) is 7.27. The third-order valence-corrected chi connectivity index (χ3v) is 5.29. The summed E-state index contributed by atoms with van der Waals surface area (Å²) in [7, 11) is 0. The summed E-state index contributed by atoms with van der Waals surface area (Å²) in [5, 5.41) is 0. The number of alkyl halides is 3. The second-order valence-corrected chi connectivity index (χ2v) is 7.27. The Morgan fingerprint density at radius 3 is 2.40 bits per heavy atom. The van der Waals surface area contributed by atoms with Gasteiger partial charge in [-0.05, 0) is 24.3 Å². The molecular formula is C22H21F3N4O. The van der Waals surface area contributed by atoms with E-state index in [-0.39, 0.29) is 5.91 Å². The quantitative estimate of drug-likeness (QED) is 0.690. The number of hydrogen-bond donors (Lipinski definition) is 1. The number of amides is 1. The second kappa shape index (κ2) is 7.85. The summed E-state index contributed by atoms with van der Waals surface area (Å²) in [6.45, 7) is 4.43. The van der Waals surface area contributed by atoms with Crippen LogP contribution in [0, 0.1) is 0 Å². The minimum Gasteiger partial charge on any atom is -0.368 e. The van der Waals surface area contributed by atoms with Gasteiger partial charge in [0.15, 0.2) is 0 Å². The number of halogens is 3. The van der Waals surface area contributed by atoms with Crippen molar-refractivity contribution in [2.45, 2.75) is 13.1 Å². The number of H-pyrrole nitrogens is 1. The maximum Gasteiger partial charge on any atom is 0.416 e. The molecule has 1 saturated heterocycles. The van der Waals surface area contributed by atoms with Gasteiger partial charge in [-0.15, -0.1) is 0 Å². The van der Waals surface area contributed by atoms with Crippen molar-refractivity contribution in [1.29, 1.82) is 0 Å². The zero-order chi connectivity index (χ0) is 21.3. The Labute approximate surface area is 172 Å². The average Bonchev–Trinajstić information content (AvgIpc) is 3.24. The van der Waals surface area contributed by atoms with Crippen LogP contribution in [0.25, 0.3) is 22.6 Å². The molecule has 0 unspecified atom stereocenters. The maximum atomic E-state index is 13.0. The van der Waals surface area contributed by atoms with Crippen molar-refractivity contribution in [3.63, 3.8) is 0 Å². The van der Waals surface area contributed by atoms with Crippen LogP contribution in [0.3, 0.4) is 0 Å². The molecule has 1 aromatic heterocycles. The third kappa shape index (κ3) is 4.17. The number of anilines is 1. The van der Waals surface area contributed by atoms with Gasteiger partial charge in [-0.25, -0.2) is 4.98 Å². The van der Waals surface area contributed by atoms with Gasteiger partial charge >= 0.3 is 6.18 Å². The molecule has 1 amide bonds. The van der Waals surface area contributed by atoms with Crippen molar-refractivity contribution in [2.24, 2.45) is 0 Å². The van der Waals surface area contributed by atoms with E-state index >= 15 is 0 Å². The molecule has 156 valence electrons. The molecule has 0 atom stereocenters. The number of imidazole rings is 1. The van der Waals surface area contributed by atoms with E-state index in [0.717, 1.165) is 36.5 Å². The molecule has 0 aliphatic carbocycles. The summed E-state index contributed by atoms with van der Waals surface area (Å²) in [5.74, 6) is 0.674. The fourth-order valence-corrected chi connectivity index (χ4v) is 3.61. The number of aromatic nitrogens is 2. The fourth-order valence-electron chi connectivity index (χ4n) is 3.61. The van der Waals surface area contributed by atoms with E-state index in [2.05, 4.69) is 14.9 Å². The van der Waals surface area contributed by atoms with Crippen molar-refractivity contribution >= 4 is 11.6 Å². The van der Waals surface area contributed by atoms with Crippen LogP contribution in [0.15, 0.2) is 54.7 Å². The summed E-state index contributed by atoms with van der Waals surface area (Å²) >= 11 is 0. The topological polar surface area (TPSA) is 52.2 Å². The normalized spacial score (nSPS) is 14.8. The highest BCUT2D eigenvalue weighted by atomic mass is 19.4. The number of carbonyl (C=O) groups excluding carboxylic acids is 1. The van der Waals surface area contributed by atoms with Crippen LogP contribution in [0.4, 0.5) is 18.9 Å². The third-order valence-electron chi connectivity index (χ3n) is 5.29. The van der Waals surface area contributed by atoms with Crippen molar-refractivity contribution < 1.29 is 18.0 Å². The zero-order valence-electron chi connectivity index (χ0n) is 16.4. The van der Waals surface area contributed by atoms with Gasteiger partial charge in [0.2, 0.25) is 5.91 Å². The molecule has 3 aromatic rings. The largest absolute Gasteiger partial charge is 0.416 e. The lowest BCUT2D eigenvalue weighted by Crippen LogP contribution is -2.48. The molecule has 4 rings (SSSR count). The summed E-state index contributed by atoms with van der Waals surface area (Å²) in [6, 6.07) is 13.0. The number of rotatable bonds is 3. The van der Waals surface area contributed by atoms with E-state index in [9.17, 15) is 18.0 Å². The van der Waals surface area contributed by atoms with Gasteiger partial charge in [0, 0.05) is 49.9 Å². The molecule has 30 heavy (non-hydrogen) atoms. The average molecular weight is 414 g/mol. The van der Waals surface area contributed by atoms with Crippen LogP contribution in [0.5, 0.6) is 0 Å². The van der Waals surface area contributed by atoms with Crippen LogP contribution < -0.4 is 4.90 Å². The van der Waals surface area contributed by atoms with Gasteiger partial charge in [0.25, 0.3) is 0 Å². The van der Waals surface area contributed by atoms with Crippen LogP contribution in [-0.4, -0.2) is 47.0 Å². The Hall–Kier alpha value is -3.29. The van der Waals surface area contributed by atoms with E-state index in [1.54, 1.807) is 19.2 Å². The highest BCUT2D eigenvalue weighted by molar-refractivity contribution is 5.74. The highest BCUT2D eigenvalue weighted by Crippen LogP contribution is 2.32. The molecular weight excluding hydrogens is 393 g/mol. The minimum absolute atomic E-state index is 0.0844. The van der Waals surface area contributed by atoms with Crippen molar-refractivity contribution in [2.75, 3.05) is 31.1 Å². The molecule has 2 aromatic carbocycles. The monoisotopic (exact) mass is 414 g/mol. The Balaban J connectivity index is 1.55. The lowest BCUT2D eigenvalue weighted by Gasteiger charge is -2.35. The number of benzene rings is 2. The Morgan fingerprint density at radius 1 is 1.00 bits per heavy atom. The van der Waals surface area contributed by atoms with Crippen LogP contribution >= 0.6 is 0 Å². The zero-order valence-corrected chi connectivity index (χ0v) is 16.4. The standard InChI is InChI=1S/C22H21F3N4O/c1-15(30)28-8-10-29(11-9-28)19-7-3-5-17(13-19)21-26-14-20(27-21)16-4-2-6-18(12-16)22(23,24)25/h2-7,12-14H,8-11H2,1H3,(H,26,27). The first-order chi connectivity index (χ1) is 14.3. The summed E-state index contributed by atoms with van der Waals surface area (Å²) < 4.78 is 39.0. The molecule has 2 heterocycles. The number of piperazine rings is 1. The van der Waals surface area contributed by atoms with Crippen LogP contribution in [0.1, 0.15) is 12.5 Å². The van der Waals surface area contributed by atoms with E-state index < -0.39 is 11.7 Å². The number of hydrogen-bond acceptors (Lipinski definition) is 3. The SMILES string of the molecule is CC(=O)N1CCN(c2cccc(-c3ncc(-c4cccc(C(F)(F)F)c4)[nH]3)c2)CC1. The Morgan fingerprint density at radius 2 is 1.70 bits per heavy atom. The van der Waals surface area contributed by atoms with E-state index in [0.29, 0.717) is 30.2 Å². The van der Waals surface area contributed by atoms with E-state index in [1.807, 2.05) is 29.2 Å². The predicted molar refractivity (Wildman–Crippen MR) is 109 cm³/mol. The maximum absolute atomic E-state index is 13.0. The summed E-state index contributed by atoms with van der Waals surface area (Å²) in [6.07, 6.45) is -2.84. The molecule has 0 spiro atoms. The first-order valence-corrected chi connectivity index (χ1v) is 9.65. The molecule has 1 aliphatic rings. The summed E-state index contributed by atoms with van der Waals surface area (Å²) in [5.41, 5.74) is 2.13. The highest BCUT2D eigenvalue weighted by Gasteiger charge is 2.30. The Bertz CT molecular complexity index is 1050. The molecule has 0 radical (unpaired) electrons. The number of nitrogens with one attached hydrogen (secondary N) is 1. The molecule has 5 nitrogen and oxygen atoms in total. The van der Waals surface area contributed by atoms with Gasteiger partial charge in [-0.2, -0.15) is 13.2 Å². The lowest BCUT2D eigenvalue weighted by atomic mass is 10.1. The summed E-state index contributed by atoms with van der Waals surface area (Å²) in [4.78, 5) is 23.0. The predicted octanol–water partition coefficient (Wildman–Crippen LogP) is 4.43. The van der Waals surface area contributed by atoms with Crippen molar-refractivity contribution in [1.82, 2.24) is 14.9 Å². The van der Waals surface area contributed by atoms with E-state index in [4.69, 9.17) is 0 Å². The number of nitrogens with zero attached hydrogens (tertiary/aromatic N) is 3. The molecule has 1 aliphatic heterocycles. The van der Waals surface area contributed by atoms with Crippen molar-refractivity contribution in [3.8, 4) is 22.6 Å². The van der Waals surface area contributed by atoms with Crippen LogP contribution in [-0.2, 0) is 11.0 Å². The van der Waals surface area contributed by atoms with Crippen molar-refractivity contribution in [3.05, 3.63) is 60.3 Å². The number of aromatic amines is 1. The van der Waals surface area contributed by atoms with Gasteiger partial charge in [-0.3, -0.25) is 4.79 Å². The first-order valence-electron chi connectivity index (χ1n) is 9.65. The van der Waals surface area contributed by atoms with Crippen LogP contribution in [0.2, 0.25) is 0 Å². The fraction of sp³-hybridized carbons (Fsp3) is 0.273. The Kier molecular flexibility index (Phi) is 5.24. The smallest absolute Gasteiger partial charge is 0.368 e. The van der Waals surface area contributed by atoms with Gasteiger partial charge in [0.1, 0.15) is 5.82 Å².